The molecule has 1 aliphatic carbocycles. The molecule has 118 valence electrons. The zero-order valence-corrected chi connectivity index (χ0v) is 13.4. The lowest BCUT2D eigenvalue weighted by molar-refractivity contribution is 0.612. The topological polar surface area (TPSA) is 38.0 Å². The number of nitrogens with two attached hydrogens (primary N) is 1. The Balaban J connectivity index is 0.00000127. The number of hydrogen-bond acceptors (Lipinski definition) is 2. The summed E-state index contributed by atoms with van der Waals surface area (Å²) in [6.45, 7) is 4.06. The zero-order valence-electron chi connectivity index (χ0n) is 13.4. The first-order valence-electron chi connectivity index (χ1n) is 7.54. The van der Waals surface area contributed by atoms with E-state index >= 15 is 0 Å². The number of fused-ring (bicyclic) bond motifs is 1. The van der Waals surface area contributed by atoms with Gasteiger partial charge in [0.05, 0.1) is 6.04 Å². The highest BCUT2D eigenvalue weighted by molar-refractivity contribution is 5.34. The first-order chi connectivity index (χ1) is 11.3. The predicted molar refractivity (Wildman–Crippen MR) is 100 cm³/mol. The van der Waals surface area contributed by atoms with Crippen molar-refractivity contribution in [2.45, 2.75) is 18.9 Å². The van der Waals surface area contributed by atoms with Crippen LogP contribution in [0.25, 0.3) is 0 Å². The Hall–Kier alpha value is -2.92. The van der Waals surface area contributed by atoms with Crippen LogP contribution in [-0.4, -0.2) is 0 Å². The van der Waals surface area contributed by atoms with Crippen molar-refractivity contribution >= 4 is 0 Å². The van der Waals surface area contributed by atoms with E-state index in [2.05, 4.69) is 73.3 Å². The molecule has 3 N–H and O–H groups in total. The molecule has 0 saturated carbocycles. The molecule has 0 aromatic heterocycles. The number of rotatable bonds is 4. The van der Waals surface area contributed by atoms with Gasteiger partial charge in [-0.15, -0.1) is 12.8 Å². The van der Waals surface area contributed by atoms with Crippen LogP contribution in [0.4, 0.5) is 0 Å². The van der Waals surface area contributed by atoms with E-state index < -0.39 is 0 Å². The summed E-state index contributed by atoms with van der Waals surface area (Å²) in [5, 5.41) is 3.49. The molecule has 2 heteroatoms. The molecular weight excluding hydrogens is 280 g/mol. The molecule has 0 fully saturated rings. The molecule has 1 unspecified atom stereocenters. The highest BCUT2D eigenvalue weighted by Crippen LogP contribution is 2.24. The molecule has 0 bridgehead atoms. The van der Waals surface area contributed by atoms with E-state index in [0.29, 0.717) is 0 Å². The Labute approximate surface area is 139 Å². The maximum atomic E-state index is 5.32. The molecule has 23 heavy (non-hydrogen) atoms. The third-order valence-electron chi connectivity index (χ3n) is 3.40. The molecule has 0 amide bonds. The molecule has 0 saturated heterocycles. The minimum Gasteiger partial charge on any atom is -0.405 e. The number of nitrogens with one attached hydrogen (secondary N) is 1. The molecule has 0 radical (unpaired) electrons. The Bertz CT molecular complexity index is 630. The average Bonchev–Trinajstić information content (AvgIpc) is 2.68. The van der Waals surface area contributed by atoms with E-state index in [9.17, 15) is 0 Å². The summed E-state index contributed by atoms with van der Waals surface area (Å²) in [6, 6.07) is 8.80. The summed E-state index contributed by atoms with van der Waals surface area (Å²) in [5.74, 6) is 0. The zero-order chi connectivity index (χ0) is 16.9. The summed E-state index contributed by atoms with van der Waals surface area (Å²) < 4.78 is 0. The maximum Gasteiger partial charge on any atom is 0.0550 e. The molecule has 1 aromatic rings. The lowest BCUT2D eigenvalue weighted by Crippen LogP contribution is -2.20. The van der Waals surface area contributed by atoms with Gasteiger partial charge < -0.3 is 11.1 Å². The van der Waals surface area contributed by atoms with E-state index in [-0.39, 0.29) is 6.04 Å². The van der Waals surface area contributed by atoms with Crippen LogP contribution in [-0.2, 0) is 6.42 Å². The van der Waals surface area contributed by atoms with Gasteiger partial charge in [-0.05, 0) is 42.3 Å². The second-order valence-corrected chi connectivity index (χ2v) is 4.96. The van der Waals surface area contributed by atoms with Crippen LogP contribution in [0.3, 0.4) is 0 Å². The first-order valence-corrected chi connectivity index (χ1v) is 7.54. The lowest BCUT2D eigenvalue weighted by Gasteiger charge is -2.21. The Morgan fingerprint density at radius 3 is 2.70 bits per heavy atom. The van der Waals surface area contributed by atoms with Gasteiger partial charge in [-0.1, -0.05) is 61.2 Å². The van der Waals surface area contributed by atoms with Crippen molar-refractivity contribution in [1.82, 2.24) is 5.32 Å². The molecule has 2 nitrogen and oxygen atoms in total. The normalized spacial score (nSPS) is 19.5. The van der Waals surface area contributed by atoms with Crippen molar-refractivity contribution in [3.63, 3.8) is 0 Å². The fourth-order valence-corrected chi connectivity index (χ4v) is 2.40. The van der Waals surface area contributed by atoms with Gasteiger partial charge in [0, 0.05) is 5.70 Å². The van der Waals surface area contributed by atoms with E-state index in [4.69, 9.17) is 5.73 Å². The maximum absolute atomic E-state index is 5.32. The van der Waals surface area contributed by atoms with Crippen LogP contribution in [0.15, 0.2) is 85.3 Å². The number of hydrogen-bond donors (Lipinski definition) is 2. The Morgan fingerprint density at radius 1 is 1.17 bits per heavy atom. The first kappa shape index (κ1) is 18.1. The Morgan fingerprint density at radius 2 is 1.91 bits per heavy atom. The molecule has 1 atom stereocenters. The van der Waals surface area contributed by atoms with Gasteiger partial charge in [0.2, 0.25) is 0 Å². The fourth-order valence-electron chi connectivity index (χ4n) is 2.40. The minimum atomic E-state index is 0.233. The predicted octanol–water partition coefficient (Wildman–Crippen LogP) is 4.17. The van der Waals surface area contributed by atoms with Gasteiger partial charge in [0.25, 0.3) is 0 Å². The fraction of sp³-hybridized carbons (Fsp3) is 0.143. The second-order valence-electron chi connectivity index (χ2n) is 4.96. The van der Waals surface area contributed by atoms with E-state index in [1.54, 1.807) is 6.08 Å². The molecular formula is C21H24N2. The molecule has 0 spiro atoms. The standard InChI is InChI=1S/C19H22N2.C2H2/c1-16(10-8-9-15-20)21-19-14-5-3-2-4-11-17-12-6-7-13-18(17)19;1-2/h2-10,12-13,15,19,21H,1,11,14,20H2;1-2H/b4-2-,5-3-,10-8-,15-9-;. The molecule has 0 heterocycles. The SMILES string of the molecule is C#C.C=C(/C=C\C=C/N)NC1C/C=C\C=C/Cc2ccccc21. The molecule has 0 aliphatic heterocycles. The van der Waals surface area contributed by atoms with Crippen LogP contribution in [0.1, 0.15) is 23.6 Å². The van der Waals surface area contributed by atoms with Gasteiger partial charge >= 0.3 is 0 Å². The molecule has 1 aliphatic rings. The van der Waals surface area contributed by atoms with E-state index in [1.807, 2.05) is 12.2 Å². The minimum absolute atomic E-state index is 0.233. The van der Waals surface area contributed by atoms with Crippen molar-refractivity contribution in [2.75, 3.05) is 0 Å². The van der Waals surface area contributed by atoms with Gasteiger partial charge in [0.1, 0.15) is 0 Å². The second kappa shape index (κ2) is 10.8. The third kappa shape index (κ3) is 6.15. The quantitative estimate of drug-likeness (QED) is 0.647. The van der Waals surface area contributed by atoms with E-state index in [0.717, 1.165) is 18.5 Å². The summed E-state index contributed by atoms with van der Waals surface area (Å²) in [6.07, 6.45) is 25.6. The Kier molecular flexibility index (Phi) is 8.48. The third-order valence-corrected chi connectivity index (χ3v) is 3.40. The lowest BCUT2D eigenvalue weighted by atomic mass is 9.96. The summed E-state index contributed by atoms with van der Waals surface area (Å²) >= 11 is 0. The van der Waals surface area contributed by atoms with Crippen LogP contribution in [0.2, 0.25) is 0 Å². The number of terminal acetylenes is 1. The highest BCUT2D eigenvalue weighted by atomic mass is 14.9. The van der Waals surface area contributed by atoms with Crippen LogP contribution in [0, 0.1) is 12.8 Å². The number of benzene rings is 1. The van der Waals surface area contributed by atoms with Gasteiger partial charge in [-0.2, -0.15) is 0 Å². The largest absolute Gasteiger partial charge is 0.405 e. The van der Waals surface area contributed by atoms with Crippen molar-refractivity contribution in [2.24, 2.45) is 5.73 Å². The van der Waals surface area contributed by atoms with Gasteiger partial charge in [-0.3, -0.25) is 0 Å². The van der Waals surface area contributed by atoms with E-state index in [1.165, 1.54) is 17.3 Å². The molecule has 1 aromatic carbocycles. The summed E-state index contributed by atoms with van der Waals surface area (Å²) in [5.41, 5.74) is 8.89. The smallest absolute Gasteiger partial charge is 0.0550 e. The van der Waals surface area contributed by atoms with Gasteiger partial charge in [-0.25, -0.2) is 0 Å². The van der Waals surface area contributed by atoms with Gasteiger partial charge in [0.15, 0.2) is 0 Å². The van der Waals surface area contributed by atoms with Crippen LogP contribution < -0.4 is 11.1 Å². The van der Waals surface area contributed by atoms with Crippen molar-refractivity contribution < 1.29 is 0 Å². The average molecular weight is 304 g/mol. The van der Waals surface area contributed by atoms with Crippen LogP contribution >= 0.6 is 0 Å². The highest BCUT2D eigenvalue weighted by Gasteiger charge is 2.13. The van der Waals surface area contributed by atoms with Crippen molar-refractivity contribution in [1.29, 1.82) is 0 Å². The summed E-state index contributed by atoms with van der Waals surface area (Å²) in [4.78, 5) is 0. The van der Waals surface area contributed by atoms with Crippen LogP contribution in [0.5, 0.6) is 0 Å². The van der Waals surface area contributed by atoms with Crippen molar-refractivity contribution in [3.8, 4) is 12.8 Å². The number of allylic oxidation sites excluding steroid dienone is 6. The summed E-state index contributed by atoms with van der Waals surface area (Å²) in [7, 11) is 0. The monoisotopic (exact) mass is 304 g/mol. The van der Waals surface area contributed by atoms with Crippen molar-refractivity contribution in [3.05, 3.63) is 96.4 Å². The molecule has 2 rings (SSSR count).